The number of pyridine rings is 1. The first-order valence-corrected chi connectivity index (χ1v) is 13.2. The third kappa shape index (κ3) is 4.73. The number of likely N-dealkylation sites (tertiary alicyclic amines) is 1. The second-order valence-corrected chi connectivity index (χ2v) is 10.7. The second-order valence-electron chi connectivity index (χ2n) is 10.7. The van der Waals surface area contributed by atoms with Gasteiger partial charge in [0.1, 0.15) is 5.75 Å². The van der Waals surface area contributed by atoms with Gasteiger partial charge in [0.05, 0.1) is 11.4 Å². The smallest absolute Gasteiger partial charge is 0.124 e. The van der Waals surface area contributed by atoms with Crippen LogP contribution in [0.15, 0.2) is 66.7 Å². The number of phenolic OH excluding ortho intramolecular Hbond substituents is 1. The van der Waals surface area contributed by atoms with Gasteiger partial charge in [-0.2, -0.15) is 0 Å². The van der Waals surface area contributed by atoms with Gasteiger partial charge in [-0.15, -0.1) is 0 Å². The molecule has 3 aliphatic rings. The number of benzene rings is 2. The predicted octanol–water partition coefficient (Wildman–Crippen LogP) is 4.56. The molecule has 3 aromatic rings. The summed E-state index contributed by atoms with van der Waals surface area (Å²) in [6.45, 7) is 7.52. The summed E-state index contributed by atoms with van der Waals surface area (Å²) in [5.41, 5.74) is 5.88. The van der Waals surface area contributed by atoms with Gasteiger partial charge < -0.3 is 10.4 Å². The van der Waals surface area contributed by atoms with Crippen LogP contribution in [-0.2, 0) is 18.5 Å². The van der Waals surface area contributed by atoms with Crippen molar-refractivity contribution in [1.29, 1.82) is 0 Å². The van der Waals surface area contributed by atoms with Gasteiger partial charge in [-0.05, 0) is 74.6 Å². The molecule has 0 radical (unpaired) electrons. The molecule has 1 atom stereocenters. The maximum atomic E-state index is 10.4. The fourth-order valence-electron chi connectivity index (χ4n) is 6.49. The summed E-state index contributed by atoms with van der Waals surface area (Å²) in [5.74, 6) is 0.298. The van der Waals surface area contributed by atoms with Crippen LogP contribution in [0.4, 0.5) is 0 Å². The Morgan fingerprint density at radius 3 is 2.51 bits per heavy atom. The maximum absolute atomic E-state index is 10.4. The molecule has 0 saturated carbocycles. The maximum Gasteiger partial charge on any atom is 0.124 e. The lowest BCUT2D eigenvalue weighted by Gasteiger charge is -2.49. The van der Waals surface area contributed by atoms with Crippen LogP contribution in [0.3, 0.4) is 0 Å². The summed E-state index contributed by atoms with van der Waals surface area (Å²) in [6.07, 6.45) is 4.88. The molecule has 1 aromatic heterocycles. The number of aromatic hydroxyl groups is 1. The minimum atomic E-state index is 0.156. The van der Waals surface area contributed by atoms with E-state index in [4.69, 9.17) is 4.98 Å². The van der Waals surface area contributed by atoms with Crippen molar-refractivity contribution >= 4 is 0 Å². The topological polar surface area (TPSA) is 51.6 Å². The fraction of sp³-hybridized carbons (Fsp3) is 0.433. The van der Waals surface area contributed by atoms with Crippen molar-refractivity contribution in [2.75, 3.05) is 32.7 Å². The van der Waals surface area contributed by atoms with Crippen LogP contribution in [0.5, 0.6) is 5.75 Å². The molecule has 2 aromatic carbocycles. The first-order valence-electron chi connectivity index (χ1n) is 13.2. The molecule has 5 nitrogen and oxygen atoms in total. The Bertz CT molecular complexity index is 1150. The van der Waals surface area contributed by atoms with Crippen molar-refractivity contribution in [3.8, 4) is 17.0 Å². The summed E-state index contributed by atoms with van der Waals surface area (Å²) in [4.78, 5) is 10.4. The molecule has 2 fully saturated rings. The van der Waals surface area contributed by atoms with Crippen LogP contribution >= 0.6 is 0 Å². The van der Waals surface area contributed by atoms with E-state index in [2.05, 4.69) is 57.6 Å². The van der Waals surface area contributed by atoms with E-state index in [0.29, 0.717) is 11.8 Å². The summed E-state index contributed by atoms with van der Waals surface area (Å²) in [5, 5.41) is 14.1. The Balaban J connectivity index is 1.28. The first-order chi connectivity index (χ1) is 17.2. The van der Waals surface area contributed by atoms with Gasteiger partial charge in [-0.3, -0.25) is 14.8 Å². The van der Waals surface area contributed by atoms with E-state index in [1.165, 1.54) is 42.5 Å². The van der Waals surface area contributed by atoms with Crippen molar-refractivity contribution < 1.29 is 5.11 Å². The zero-order valence-corrected chi connectivity index (χ0v) is 20.5. The van der Waals surface area contributed by atoms with Crippen molar-refractivity contribution in [2.45, 2.75) is 50.2 Å². The predicted molar refractivity (Wildman–Crippen MR) is 140 cm³/mol. The third-order valence-corrected chi connectivity index (χ3v) is 8.33. The number of rotatable bonds is 5. The van der Waals surface area contributed by atoms with E-state index < -0.39 is 0 Å². The number of fused-ring (bicyclic) bond motifs is 2. The summed E-state index contributed by atoms with van der Waals surface area (Å²) in [7, 11) is 0. The Kier molecular flexibility index (Phi) is 6.31. The van der Waals surface area contributed by atoms with Crippen molar-refractivity contribution in [3.63, 3.8) is 0 Å². The number of phenols is 1. The Labute approximate surface area is 208 Å². The number of nitrogens with one attached hydrogen (secondary N) is 1. The quantitative estimate of drug-likeness (QED) is 0.575. The van der Waals surface area contributed by atoms with Crippen molar-refractivity contribution in [2.24, 2.45) is 0 Å². The van der Waals surface area contributed by atoms with Gasteiger partial charge in [-0.1, -0.05) is 48.5 Å². The number of nitrogens with zero attached hydrogens (tertiary/aromatic N) is 3. The third-order valence-electron chi connectivity index (χ3n) is 8.33. The number of hydrogen-bond acceptors (Lipinski definition) is 5. The first kappa shape index (κ1) is 22.7. The molecule has 182 valence electrons. The van der Waals surface area contributed by atoms with Crippen molar-refractivity contribution in [1.82, 2.24) is 20.1 Å². The molecule has 3 aliphatic heterocycles. The second kappa shape index (κ2) is 9.73. The van der Waals surface area contributed by atoms with Crippen LogP contribution in [-0.4, -0.2) is 58.7 Å². The lowest BCUT2D eigenvalue weighted by molar-refractivity contribution is 0.0887. The molecule has 0 bridgehead atoms. The van der Waals surface area contributed by atoms with Crippen LogP contribution < -0.4 is 5.32 Å². The van der Waals surface area contributed by atoms with E-state index in [-0.39, 0.29) is 5.41 Å². The lowest BCUT2D eigenvalue weighted by Crippen LogP contribution is -2.53. The average Bonchev–Trinajstić information content (AvgIpc) is 3.39. The minimum Gasteiger partial charge on any atom is -0.507 e. The van der Waals surface area contributed by atoms with Crippen molar-refractivity contribution in [3.05, 3.63) is 83.6 Å². The van der Waals surface area contributed by atoms with Gasteiger partial charge >= 0.3 is 0 Å². The summed E-state index contributed by atoms with van der Waals surface area (Å²) in [6, 6.07) is 23.4. The van der Waals surface area contributed by atoms with Crippen LogP contribution in [0.25, 0.3) is 11.3 Å². The molecule has 0 amide bonds. The van der Waals surface area contributed by atoms with Gasteiger partial charge in [0.15, 0.2) is 0 Å². The lowest BCUT2D eigenvalue weighted by atomic mass is 9.69. The highest BCUT2D eigenvalue weighted by Crippen LogP contribution is 2.43. The molecule has 35 heavy (non-hydrogen) atoms. The molecule has 5 heteroatoms. The van der Waals surface area contributed by atoms with Crippen LogP contribution in [0.1, 0.15) is 42.5 Å². The standard InChI is InChI=1S/C30H36N4O/c35-29-11-5-4-10-25(29)27-13-12-26-28(32-27)21-34(20-24-9-6-16-31-24)22-30(26)14-17-33(18-15-30)19-23-7-2-1-3-8-23/h1-5,7-8,10-13,24,31,35H,6,9,14-22H2/t24-/m1/s1. The monoisotopic (exact) mass is 468 g/mol. The van der Waals surface area contributed by atoms with Crippen LogP contribution in [0, 0.1) is 0 Å². The highest BCUT2D eigenvalue weighted by molar-refractivity contribution is 5.67. The number of aromatic nitrogens is 1. The van der Waals surface area contributed by atoms with E-state index >= 15 is 0 Å². The molecule has 0 unspecified atom stereocenters. The molecule has 2 N–H and O–H groups in total. The highest BCUT2D eigenvalue weighted by Gasteiger charge is 2.43. The largest absolute Gasteiger partial charge is 0.507 e. The van der Waals surface area contributed by atoms with Gasteiger partial charge in [0, 0.05) is 43.2 Å². The SMILES string of the molecule is Oc1ccccc1-c1ccc2c(n1)CN(C[C@H]1CCCN1)CC21CCN(Cc2ccccc2)CC1. The summed E-state index contributed by atoms with van der Waals surface area (Å²) < 4.78 is 0. The Hall–Kier alpha value is -2.73. The number of hydrogen-bond donors (Lipinski definition) is 2. The van der Waals surface area contributed by atoms with Gasteiger partial charge in [0.2, 0.25) is 0 Å². The molecule has 2 saturated heterocycles. The Morgan fingerprint density at radius 2 is 1.74 bits per heavy atom. The summed E-state index contributed by atoms with van der Waals surface area (Å²) >= 11 is 0. The molecule has 4 heterocycles. The molecular formula is C30H36N4O. The van der Waals surface area contributed by atoms with E-state index in [0.717, 1.165) is 57.1 Å². The number of piperidine rings is 1. The molecular weight excluding hydrogens is 432 g/mol. The van der Waals surface area contributed by atoms with Gasteiger partial charge in [0.25, 0.3) is 0 Å². The average molecular weight is 469 g/mol. The Morgan fingerprint density at radius 1 is 0.943 bits per heavy atom. The normalized spacial score (nSPS) is 22.3. The van der Waals surface area contributed by atoms with Crippen LogP contribution in [0.2, 0.25) is 0 Å². The zero-order valence-electron chi connectivity index (χ0n) is 20.5. The van der Waals surface area contributed by atoms with E-state index in [1.54, 1.807) is 6.07 Å². The highest BCUT2D eigenvalue weighted by atomic mass is 16.3. The van der Waals surface area contributed by atoms with E-state index in [1.807, 2.05) is 18.2 Å². The van der Waals surface area contributed by atoms with E-state index in [9.17, 15) is 5.11 Å². The minimum absolute atomic E-state index is 0.156. The van der Waals surface area contributed by atoms with Gasteiger partial charge in [-0.25, -0.2) is 0 Å². The molecule has 6 rings (SSSR count). The fourth-order valence-corrected chi connectivity index (χ4v) is 6.49. The molecule has 0 aliphatic carbocycles. The molecule has 1 spiro atoms. The number of para-hydroxylation sites is 1. The zero-order chi connectivity index (χ0) is 23.7.